The number of aliphatic hydroxyl groups is 1. The number of benzene rings is 1. The van der Waals surface area contributed by atoms with E-state index in [1.54, 1.807) is 0 Å². The molecule has 1 aromatic carbocycles. The molecule has 0 aromatic heterocycles. The Bertz CT molecular complexity index is 462. The SMILES string of the molecule is CCc1ccccc1C(=O)NCC1(O)CCC(C)CC1. The third kappa shape index (κ3) is 3.60. The van der Waals surface area contributed by atoms with Gasteiger partial charge in [0, 0.05) is 12.1 Å². The van der Waals surface area contributed by atoms with Crippen LogP contribution in [0, 0.1) is 5.92 Å². The lowest BCUT2D eigenvalue weighted by molar-refractivity contribution is -0.00540. The molecular formula is C17H25NO2. The number of aryl methyl sites for hydroxylation is 1. The summed E-state index contributed by atoms with van der Waals surface area (Å²) >= 11 is 0. The Morgan fingerprint density at radius 2 is 2.00 bits per heavy atom. The lowest BCUT2D eigenvalue weighted by Gasteiger charge is -2.35. The average molecular weight is 275 g/mol. The zero-order valence-electron chi connectivity index (χ0n) is 12.5. The Kier molecular flexibility index (Phi) is 4.81. The maximum atomic E-state index is 12.3. The van der Waals surface area contributed by atoms with Crippen LogP contribution in [0.15, 0.2) is 24.3 Å². The Morgan fingerprint density at radius 3 is 2.65 bits per heavy atom. The zero-order valence-corrected chi connectivity index (χ0v) is 12.5. The first-order valence-corrected chi connectivity index (χ1v) is 7.62. The minimum Gasteiger partial charge on any atom is -0.388 e. The molecule has 0 heterocycles. The molecule has 20 heavy (non-hydrogen) atoms. The molecule has 3 nitrogen and oxygen atoms in total. The predicted octanol–water partition coefficient (Wildman–Crippen LogP) is 2.92. The standard InChI is InChI=1S/C17H25NO2/c1-3-14-6-4-5-7-15(14)16(19)18-12-17(20)10-8-13(2)9-11-17/h4-7,13,20H,3,8-12H2,1-2H3,(H,18,19). The van der Waals surface area contributed by atoms with Gasteiger partial charge in [0.15, 0.2) is 0 Å². The van der Waals surface area contributed by atoms with Crippen LogP contribution in [0.5, 0.6) is 0 Å². The van der Waals surface area contributed by atoms with Crippen LogP contribution in [-0.2, 0) is 6.42 Å². The molecule has 2 N–H and O–H groups in total. The Balaban J connectivity index is 1.95. The molecule has 1 aliphatic rings. The molecule has 0 radical (unpaired) electrons. The van der Waals surface area contributed by atoms with Crippen molar-refractivity contribution in [1.29, 1.82) is 0 Å². The predicted molar refractivity (Wildman–Crippen MR) is 80.7 cm³/mol. The van der Waals surface area contributed by atoms with E-state index in [0.29, 0.717) is 12.5 Å². The van der Waals surface area contributed by atoms with E-state index in [2.05, 4.69) is 12.2 Å². The van der Waals surface area contributed by atoms with E-state index in [0.717, 1.165) is 43.2 Å². The van der Waals surface area contributed by atoms with Crippen LogP contribution in [0.3, 0.4) is 0 Å². The van der Waals surface area contributed by atoms with Crippen molar-refractivity contribution in [3.05, 3.63) is 35.4 Å². The summed E-state index contributed by atoms with van der Waals surface area (Å²) in [4.78, 5) is 12.3. The second kappa shape index (κ2) is 6.40. The Morgan fingerprint density at radius 1 is 1.35 bits per heavy atom. The molecule has 0 saturated heterocycles. The van der Waals surface area contributed by atoms with Crippen molar-refractivity contribution in [1.82, 2.24) is 5.32 Å². The quantitative estimate of drug-likeness (QED) is 0.887. The van der Waals surface area contributed by atoms with Gasteiger partial charge in [-0.25, -0.2) is 0 Å². The van der Waals surface area contributed by atoms with Crippen LogP contribution in [-0.4, -0.2) is 23.2 Å². The highest BCUT2D eigenvalue weighted by molar-refractivity contribution is 5.95. The molecule has 0 spiro atoms. The minimum absolute atomic E-state index is 0.0745. The highest BCUT2D eigenvalue weighted by atomic mass is 16.3. The van der Waals surface area contributed by atoms with E-state index >= 15 is 0 Å². The third-order valence-corrected chi connectivity index (χ3v) is 4.43. The van der Waals surface area contributed by atoms with Gasteiger partial charge in [0.25, 0.3) is 5.91 Å². The van der Waals surface area contributed by atoms with Gasteiger partial charge < -0.3 is 10.4 Å². The molecule has 1 aromatic rings. The summed E-state index contributed by atoms with van der Waals surface area (Å²) < 4.78 is 0. The van der Waals surface area contributed by atoms with Crippen LogP contribution < -0.4 is 5.32 Å². The molecule has 1 saturated carbocycles. The van der Waals surface area contributed by atoms with Crippen molar-refractivity contribution in [3.63, 3.8) is 0 Å². The van der Waals surface area contributed by atoms with Gasteiger partial charge in [-0.15, -0.1) is 0 Å². The van der Waals surface area contributed by atoms with Gasteiger partial charge in [0.05, 0.1) is 5.60 Å². The summed E-state index contributed by atoms with van der Waals surface area (Å²) in [5, 5.41) is 13.4. The number of amides is 1. The van der Waals surface area contributed by atoms with Gasteiger partial charge in [-0.1, -0.05) is 32.0 Å². The van der Waals surface area contributed by atoms with Crippen molar-refractivity contribution in [2.75, 3.05) is 6.54 Å². The number of rotatable bonds is 4. The van der Waals surface area contributed by atoms with Crippen LogP contribution >= 0.6 is 0 Å². The second-order valence-corrected chi connectivity index (χ2v) is 6.10. The molecule has 3 heteroatoms. The molecule has 1 aliphatic carbocycles. The van der Waals surface area contributed by atoms with Gasteiger partial charge in [0.1, 0.15) is 0 Å². The Hall–Kier alpha value is -1.35. The van der Waals surface area contributed by atoms with E-state index in [4.69, 9.17) is 0 Å². The molecular weight excluding hydrogens is 250 g/mol. The first-order chi connectivity index (χ1) is 9.54. The molecule has 110 valence electrons. The lowest BCUT2D eigenvalue weighted by atomic mass is 9.79. The monoisotopic (exact) mass is 275 g/mol. The maximum absolute atomic E-state index is 12.3. The fourth-order valence-corrected chi connectivity index (χ4v) is 2.87. The van der Waals surface area contributed by atoms with Crippen molar-refractivity contribution < 1.29 is 9.90 Å². The number of carbonyl (C=O) groups excluding carboxylic acids is 1. The summed E-state index contributed by atoms with van der Waals surface area (Å²) in [6, 6.07) is 7.66. The fraction of sp³-hybridized carbons (Fsp3) is 0.588. The van der Waals surface area contributed by atoms with Crippen molar-refractivity contribution in [3.8, 4) is 0 Å². The fourth-order valence-electron chi connectivity index (χ4n) is 2.87. The summed E-state index contributed by atoms with van der Waals surface area (Å²) in [5.74, 6) is 0.612. The van der Waals surface area contributed by atoms with Crippen molar-refractivity contribution in [2.24, 2.45) is 5.92 Å². The van der Waals surface area contributed by atoms with Crippen molar-refractivity contribution >= 4 is 5.91 Å². The number of carbonyl (C=O) groups is 1. The minimum atomic E-state index is -0.719. The summed E-state index contributed by atoms with van der Waals surface area (Å²) in [7, 11) is 0. The van der Waals surface area contributed by atoms with E-state index in [9.17, 15) is 9.90 Å². The summed E-state index contributed by atoms with van der Waals surface area (Å²) in [6.45, 7) is 4.62. The lowest BCUT2D eigenvalue weighted by Crippen LogP contribution is -2.45. The highest BCUT2D eigenvalue weighted by Crippen LogP contribution is 2.31. The number of nitrogens with one attached hydrogen (secondary N) is 1. The van der Waals surface area contributed by atoms with E-state index in [1.165, 1.54) is 0 Å². The normalized spacial score (nSPS) is 26.2. The van der Waals surface area contributed by atoms with Crippen LogP contribution in [0.4, 0.5) is 0 Å². The van der Waals surface area contributed by atoms with Crippen molar-refractivity contribution in [2.45, 2.75) is 51.6 Å². The van der Waals surface area contributed by atoms with Gasteiger partial charge in [-0.05, 0) is 49.7 Å². The van der Waals surface area contributed by atoms with Gasteiger partial charge in [0.2, 0.25) is 0 Å². The summed E-state index contributed by atoms with van der Waals surface area (Å²) in [6.07, 6.45) is 4.48. The van der Waals surface area contributed by atoms with Gasteiger partial charge in [-0.3, -0.25) is 4.79 Å². The number of hydrogen-bond donors (Lipinski definition) is 2. The van der Waals surface area contributed by atoms with Crippen LogP contribution in [0.2, 0.25) is 0 Å². The third-order valence-electron chi connectivity index (χ3n) is 4.43. The molecule has 1 fully saturated rings. The first kappa shape index (κ1) is 15.0. The largest absolute Gasteiger partial charge is 0.388 e. The molecule has 0 atom stereocenters. The molecule has 0 bridgehead atoms. The maximum Gasteiger partial charge on any atom is 0.251 e. The second-order valence-electron chi connectivity index (χ2n) is 6.10. The van der Waals surface area contributed by atoms with Crippen LogP contribution in [0.25, 0.3) is 0 Å². The van der Waals surface area contributed by atoms with E-state index in [-0.39, 0.29) is 5.91 Å². The molecule has 0 unspecified atom stereocenters. The molecule has 2 rings (SSSR count). The number of hydrogen-bond acceptors (Lipinski definition) is 2. The van der Waals surface area contributed by atoms with Gasteiger partial charge in [-0.2, -0.15) is 0 Å². The van der Waals surface area contributed by atoms with Gasteiger partial charge >= 0.3 is 0 Å². The summed E-state index contributed by atoms with van der Waals surface area (Å²) in [5.41, 5.74) is 1.06. The molecule has 0 aliphatic heterocycles. The average Bonchev–Trinajstić information content (AvgIpc) is 2.48. The first-order valence-electron chi connectivity index (χ1n) is 7.62. The molecule has 1 amide bonds. The van der Waals surface area contributed by atoms with Crippen LogP contribution in [0.1, 0.15) is 55.5 Å². The van der Waals surface area contributed by atoms with E-state index < -0.39 is 5.60 Å². The van der Waals surface area contributed by atoms with E-state index in [1.807, 2.05) is 31.2 Å². The zero-order chi connectivity index (χ0) is 14.6. The smallest absolute Gasteiger partial charge is 0.251 e. The highest BCUT2D eigenvalue weighted by Gasteiger charge is 2.32. The topological polar surface area (TPSA) is 49.3 Å². The Labute approximate surface area is 121 Å².